The fourth-order valence-electron chi connectivity index (χ4n) is 3.40. The fraction of sp³-hybridized carbons (Fsp3) is 0.789. The van der Waals surface area contributed by atoms with E-state index < -0.39 is 41.8 Å². The number of nitrogens with one attached hydrogen (secondary N) is 1. The van der Waals surface area contributed by atoms with Gasteiger partial charge in [-0.3, -0.25) is 14.3 Å². The molecule has 0 aliphatic carbocycles. The lowest BCUT2D eigenvalue weighted by Gasteiger charge is -2.33. The molecule has 0 aromatic carbocycles. The van der Waals surface area contributed by atoms with Crippen LogP contribution in [0.4, 0.5) is 0 Å². The van der Waals surface area contributed by atoms with E-state index >= 15 is 0 Å². The van der Waals surface area contributed by atoms with Gasteiger partial charge < -0.3 is 19.3 Å². The van der Waals surface area contributed by atoms with Gasteiger partial charge in [0.2, 0.25) is 0 Å². The first-order valence-corrected chi connectivity index (χ1v) is 10.3. The summed E-state index contributed by atoms with van der Waals surface area (Å²) in [6.07, 6.45) is 2.87. The van der Waals surface area contributed by atoms with Gasteiger partial charge in [-0.25, -0.2) is 4.79 Å². The summed E-state index contributed by atoms with van der Waals surface area (Å²) in [6, 6.07) is -0.947. The van der Waals surface area contributed by atoms with E-state index in [2.05, 4.69) is 15.0 Å². The minimum atomic E-state index is -1.32. The van der Waals surface area contributed by atoms with Crippen LogP contribution in [0.3, 0.4) is 0 Å². The van der Waals surface area contributed by atoms with E-state index in [4.69, 9.17) is 19.7 Å². The molecule has 1 aliphatic rings. The van der Waals surface area contributed by atoms with E-state index in [0.29, 0.717) is 18.8 Å². The van der Waals surface area contributed by atoms with Crippen LogP contribution in [-0.2, 0) is 14.2 Å². The van der Waals surface area contributed by atoms with Crippen LogP contribution in [0.1, 0.15) is 51.3 Å². The number of ether oxygens (including phenoxy) is 3. The molecule has 30 heavy (non-hydrogen) atoms. The lowest BCUT2D eigenvalue weighted by Crippen LogP contribution is -2.51. The van der Waals surface area contributed by atoms with Crippen LogP contribution in [0.2, 0.25) is 0 Å². The van der Waals surface area contributed by atoms with Gasteiger partial charge in [0.1, 0.15) is 24.0 Å². The van der Waals surface area contributed by atoms with Gasteiger partial charge in [-0.2, -0.15) is 0 Å². The first-order chi connectivity index (χ1) is 14.4. The first kappa shape index (κ1) is 24.1. The third kappa shape index (κ3) is 5.30. The summed E-state index contributed by atoms with van der Waals surface area (Å²) >= 11 is 0. The number of unbranched alkanes of at least 4 members (excludes halogenated alkanes) is 2. The Labute approximate surface area is 174 Å². The average molecular weight is 425 g/mol. The van der Waals surface area contributed by atoms with Gasteiger partial charge in [0.05, 0.1) is 13.2 Å². The zero-order valence-corrected chi connectivity index (χ0v) is 17.7. The highest BCUT2D eigenvalue weighted by atomic mass is 16.6. The lowest BCUT2D eigenvalue weighted by molar-refractivity contribution is -0.171. The van der Waals surface area contributed by atoms with E-state index in [-0.39, 0.29) is 6.61 Å². The van der Waals surface area contributed by atoms with E-state index in [0.717, 1.165) is 30.3 Å². The topological polar surface area (TPSA) is 152 Å². The molecule has 0 spiro atoms. The molecule has 2 N–H and O–H groups in total. The third-order valence-electron chi connectivity index (χ3n) is 5.13. The van der Waals surface area contributed by atoms with Crippen molar-refractivity contribution in [2.45, 2.75) is 70.4 Å². The highest BCUT2D eigenvalue weighted by molar-refractivity contribution is 5.08. The van der Waals surface area contributed by atoms with E-state index in [9.17, 15) is 14.7 Å². The number of nitrogens with zero attached hydrogens (tertiary/aromatic N) is 4. The number of aliphatic hydroxyl groups excluding tert-OH is 1. The smallest absolute Gasteiger partial charge is 0.330 e. The van der Waals surface area contributed by atoms with Crippen LogP contribution in [-0.4, -0.2) is 58.8 Å². The molecule has 0 amide bonds. The van der Waals surface area contributed by atoms with Crippen LogP contribution in [0.25, 0.3) is 10.4 Å². The molecule has 2 rings (SSSR count). The number of H-pyrrole nitrogens is 1. The van der Waals surface area contributed by atoms with Crippen molar-refractivity contribution in [1.29, 1.82) is 0 Å². The third-order valence-corrected chi connectivity index (χ3v) is 5.13. The number of azide groups is 1. The molecule has 11 nitrogen and oxygen atoms in total. The Morgan fingerprint density at radius 2 is 2.03 bits per heavy atom. The summed E-state index contributed by atoms with van der Waals surface area (Å²) in [5.74, 6) is 0. The van der Waals surface area contributed by atoms with E-state index in [1.807, 2.05) is 13.8 Å². The van der Waals surface area contributed by atoms with E-state index in [1.54, 1.807) is 6.92 Å². The summed E-state index contributed by atoms with van der Waals surface area (Å²) in [4.78, 5) is 29.3. The SMILES string of the molecule is CCCCOC[C@@]1(CO)O[C@@H](n2cc(C)c(=O)[nH]c2=O)C(N=[N+]=[N-])[C@H]1OCCCC. The normalized spacial score (nSPS) is 25.9. The largest absolute Gasteiger partial charge is 0.393 e. The molecule has 11 heteroatoms. The van der Waals surface area contributed by atoms with Crippen molar-refractivity contribution in [3.05, 3.63) is 43.0 Å². The van der Waals surface area contributed by atoms with Crippen LogP contribution in [0, 0.1) is 6.92 Å². The molecular weight excluding hydrogens is 394 g/mol. The van der Waals surface area contributed by atoms with Gasteiger partial charge in [0, 0.05) is 29.9 Å². The average Bonchev–Trinajstić information content (AvgIpc) is 3.02. The zero-order valence-electron chi connectivity index (χ0n) is 17.7. The van der Waals surface area contributed by atoms with Crippen molar-refractivity contribution in [3.8, 4) is 0 Å². The molecule has 1 fully saturated rings. The second kappa shape index (κ2) is 11.3. The van der Waals surface area contributed by atoms with Crippen molar-refractivity contribution < 1.29 is 19.3 Å². The van der Waals surface area contributed by atoms with Gasteiger partial charge >= 0.3 is 5.69 Å². The molecule has 4 atom stereocenters. The monoisotopic (exact) mass is 425 g/mol. The minimum Gasteiger partial charge on any atom is -0.393 e. The molecule has 0 saturated carbocycles. The number of rotatable bonds is 12. The first-order valence-electron chi connectivity index (χ1n) is 10.3. The quantitative estimate of drug-likeness (QED) is 0.225. The van der Waals surface area contributed by atoms with E-state index in [1.165, 1.54) is 6.20 Å². The van der Waals surface area contributed by atoms with Crippen molar-refractivity contribution in [2.75, 3.05) is 26.4 Å². The Hall–Kier alpha value is -2.17. The predicted octanol–water partition coefficient (Wildman–Crippen LogP) is 1.79. The maximum atomic E-state index is 12.5. The second-order valence-electron chi connectivity index (χ2n) is 7.46. The number of aliphatic hydroxyl groups is 1. The van der Waals surface area contributed by atoms with Crippen LogP contribution in [0.5, 0.6) is 0 Å². The number of hydrogen-bond donors (Lipinski definition) is 2. The molecule has 1 saturated heterocycles. The summed E-state index contributed by atoms with van der Waals surface area (Å²) in [5.41, 5.74) is 6.90. The second-order valence-corrected chi connectivity index (χ2v) is 7.46. The Balaban J connectivity index is 2.47. The molecule has 0 radical (unpaired) electrons. The molecular formula is C19H31N5O6. The molecule has 1 aromatic rings. The molecule has 1 aromatic heterocycles. The maximum absolute atomic E-state index is 12.5. The van der Waals surface area contributed by atoms with Gasteiger partial charge in [-0.05, 0) is 25.3 Å². The summed E-state index contributed by atoms with van der Waals surface area (Å²) in [5, 5.41) is 14.1. The lowest BCUT2D eigenvalue weighted by atomic mass is 9.95. The van der Waals surface area contributed by atoms with Crippen molar-refractivity contribution in [2.24, 2.45) is 5.11 Å². The molecule has 1 aliphatic heterocycles. The zero-order chi connectivity index (χ0) is 22.1. The Kier molecular flexibility index (Phi) is 9.07. The number of aryl methyl sites for hydroxylation is 1. The van der Waals surface area contributed by atoms with Crippen molar-refractivity contribution >= 4 is 0 Å². The van der Waals surface area contributed by atoms with Gasteiger partial charge in [0.25, 0.3) is 5.56 Å². The van der Waals surface area contributed by atoms with Crippen LogP contribution < -0.4 is 11.2 Å². The number of hydrogen-bond acceptors (Lipinski definition) is 7. The Morgan fingerprint density at radius 1 is 1.33 bits per heavy atom. The molecule has 2 heterocycles. The Morgan fingerprint density at radius 3 is 2.67 bits per heavy atom. The highest BCUT2D eigenvalue weighted by Gasteiger charge is 2.56. The Bertz CT molecular complexity index is 849. The summed E-state index contributed by atoms with van der Waals surface area (Å²) in [6.45, 7) is 5.98. The molecule has 0 bridgehead atoms. The molecule has 1 unspecified atom stereocenters. The van der Waals surface area contributed by atoms with Gasteiger partial charge in [-0.15, -0.1) is 0 Å². The highest BCUT2D eigenvalue weighted by Crippen LogP contribution is 2.41. The number of aromatic nitrogens is 2. The fourth-order valence-corrected chi connectivity index (χ4v) is 3.40. The standard InChI is InChI=1S/C19H31N5O6/c1-4-6-8-28-12-19(11-25)15(29-9-7-5-2)14(22-23-20)17(30-19)24-10-13(3)16(26)21-18(24)27/h10,14-15,17,25H,4-9,11-12H2,1-3H3,(H,21,26,27)/t14?,15-,17-,19-/m1/s1. The van der Waals surface area contributed by atoms with Gasteiger partial charge in [0.15, 0.2) is 0 Å². The van der Waals surface area contributed by atoms with Crippen LogP contribution >= 0.6 is 0 Å². The molecule has 168 valence electrons. The van der Waals surface area contributed by atoms with Crippen LogP contribution in [0.15, 0.2) is 20.9 Å². The van der Waals surface area contributed by atoms with Crippen molar-refractivity contribution in [1.82, 2.24) is 9.55 Å². The predicted molar refractivity (Wildman–Crippen MR) is 109 cm³/mol. The summed E-state index contributed by atoms with van der Waals surface area (Å²) < 4.78 is 19.0. The van der Waals surface area contributed by atoms with Crippen molar-refractivity contribution in [3.63, 3.8) is 0 Å². The minimum absolute atomic E-state index is 0.00528. The number of aromatic amines is 1. The maximum Gasteiger partial charge on any atom is 0.330 e. The summed E-state index contributed by atoms with van der Waals surface area (Å²) in [7, 11) is 0. The van der Waals surface area contributed by atoms with Gasteiger partial charge in [-0.1, -0.05) is 31.8 Å².